The maximum Gasteiger partial charge on any atom is 0.394 e. The number of carboxylic acids is 1. The number of thiazole rings is 1. The van der Waals surface area contributed by atoms with Gasteiger partial charge in [-0.05, 0) is 55.2 Å². The number of aliphatic carboxylic acids is 1. The topological polar surface area (TPSA) is 70.5 Å². The average molecular weight is 415 g/mol. The molecule has 4 rings (SSSR count). The maximum absolute atomic E-state index is 12.9. The molecule has 29 heavy (non-hydrogen) atoms. The Kier molecular flexibility index (Phi) is 6.48. The first-order valence-electron chi connectivity index (χ1n) is 11.0. The van der Waals surface area contributed by atoms with Crippen LogP contribution in [0.5, 0.6) is 0 Å². The number of nitrogens with zero attached hydrogens (tertiary/aromatic N) is 2. The van der Waals surface area contributed by atoms with Crippen molar-refractivity contribution in [3.8, 4) is 0 Å². The van der Waals surface area contributed by atoms with Crippen molar-refractivity contribution in [2.75, 3.05) is 0 Å². The van der Waals surface area contributed by atoms with Crippen molar-refractivity contribution in [1.29, 1.82) is 0 Å². The lowest BCUT2D eigenvalue weighted by atomic mass is 9.73. The van der Waals surface area contributed by atoms with Crippen LogP contribution in [0.25, 0.3) is 10.2 Å². The fraction of sp³-hybridized carbons (Fsp3) is 0.609. The van der Waals surface area contributed by atoms with E-state index in [0.29, 0.717) is 18.4 Å². The van der Waals surface area contributed by atoms with Gasteiger partial charge in [-0.2, -0.15) is 0 Å². The number of amides is 1. The van der Waals surface area contributed by atoms with Crippen molar-refractivity contribution in [1.82, 2.24) is 9.88 Å². The van der Waals surface area contributed by atoms with Gasteiger partial charge in [-0.3, -0.25) is 4.79 Å². The second kappa shape index (κ2) is 9.24. The van der Waals surface area contributed by atoms with Gasteiger partial charge in [-0.1, -0.05) is 44.6 Å². The van der Waals surface area contributed by atoms with E-state index in [1.165, 1.54) is 38.5 Å². The van der Waals surface area contributed by atoms with Crippen molar-refractivity contribution in [2.24, 2.45) is 11.8 Å². The molecule has 1 aromatic carbocycles. The molecule has 2 aliphatic rings. The smallest absolute Gasteiger partial charge is 0.394 e. The third-order valence-electron chi connectivity index (χ3n) is 6.82. The van der Waals surface area contributed by atoms with Gasteiger partial charge in [-0.25, -0.2) is 9.78 Å². The minimum absolute atomic E-state index is 0.0327. The van der Waals surface area contributed by atoms with Gasteiger partial charge in [0.2, 0.25) is 0 Å². The standard InChI is InChI=1S/C23H30N2O3S/c26-22(23(27)28)25(14-16-11-12-20-19(13-16)24-15-29-20)21(17-7-3-1-4-8-17)18-9-5-2-6-10-18/h11-13,15,17-18,21H,1-10,14H2,(H,27,28). The van der Waals surface area contributed by atoms with E-state index in [9.17, 15) is 14.7 Å². The van der Waals surface area contributed by atoms with Gasteiger partial charge in [0, 0.05) is 12.6 Å². The minimum Gasteiger partial charge on any atom is -0.474 e. The monoisotopic (exact) mass is 414 g/mol. The van der Waals surface area contributed by atoms with Gasteiger partial charge >= 0.3 is 11.9 Å². The largest absolute Gasteiger partial charge is 0.474 e. The molecule has 0 bridgehead atoms. The van der Waals surface area contributed by atoms with Gasteiger partial charge in [0.25, 0.3) is 0 Å². The number of rotatable bonds is 5. The minimum atomic E-state index is -1.34. The summed E-state index contributed by atoms with van der Waals surface area (Å²) in [5.74, 6) is -1.25. The first kappa shape index (κ1) is 20.3. The zero-order valence-corrected chi connectivity index (χ0v) is 17.7. The maximum atomic E-state index is 12.9. The van der Waals surface area contributed by atoms with Crippen LogP contribution in [0.2, 0.25) is 0 Å². The number of hydrogen-bond donors (Lipinski definition) is 1. The molecule has 0 atom stereocenters. The molecule has 0 aliphatic heterocycles. The molecule has 1 amide bonds. The van der Waals surface area contributed by atoms with Crippen LogP contribution in [0, 0.1) is 11.8 Å². The van der Waals surface area contributed by atoms with E-state index >= 15 is 0 Å². The highest BCUT2D eigenvalue weighted by molar-refractivity contribution is 7.16. The first-order valence-corrected chi connectivity index (χ1v) is 11.9. The Labute approximate surface area is 176 Å². The van der Waals surface area contributed by atoms with Gasteiger partial charge in [0.15, 0.2) is 0 Å². The average Bonchev–Trinajstić information content (AvgIpc) is 3.22. The molecule has 0 saturated heterocycles. The molecule has 0 radical (unpaired) electrons. The predicted molar refractivity (Wildman–Crippen MR) is 115 cm³/mol. The van der Waals surface area contributed by atoms with Crippen LogP contribution in [0.4, 0.5) is 0 Å². The van der Waals surface area contributed by atoms with Gasteiger partial charge in [0.05, 0.1) is 15.7 Å². The summed E-state index contributed by atoms with van der Waals surface area (Å²) in [6, 6.07) is 6.08. The lowest BCUT2D eigenvalue weighted by Gasteiger charge is -2.44. The van der Waals surface area contributed by atoms with Crippen LogP contribution in [0.1, 0.15) is 69.8 Å². The molecule has 5 nitrogen and oxygen atoms in total. The second-order valence-electron chi connectivity index (χ2n) is 8.68. The third-order valence-corrected chi connectivity index (χ3v) is 7.63. The number of carboxylic acid groups (broad SMARTS) is 1. The van der Waals surface area contributed by atoms with Gasteiger partial charge in [-0.15, -0.1) is 11.3 Å². The number of benzene rings is 1. The molecule has 2 aromatic rings. The summed E-state index contributed by atoms with van der Waals surface area (Å²) in [5.41, 5.74) is 3.71. The predicted octanol–water partition coefficient (Wildman–Crippen LogP) is 5.24. The van der Waals surface area contributed by atoms with Crippen LogP contribution < -0.4 is 0 Å². The Balaban J connectivity index is 1.66. The number of aromatic nitrogens is 1. The van der Waals surface area contributed by atoms with Crippen LogP contribution in [0.15, 0.2) is 23.7 Å². The van der Waals surface area contributed by atoms with Crippen LogP contribution >= 0.6 is 11.3 Å². The van der Waals surface area contributed by atoms with E-state index in [1.807, 2.05) is 23.7 Å². The van der Waals surface area contributed by atoms with Crippen LogP contribution in [0.3, 0.4) is 0 Å². The molecule has 0 spiro atoms. The number of carbonyl (C=O) groups excluding carboxylic acids is 1. The molecular formula is C23H30N2O3S. The lowest BCUT2D eigenvalue weighted by molar-refractivity contribution is -0.159. The quantitative estimate of drug-likeness (QED) is 0.679. The zero-order valence-electron chi connectivity index (χ0n) is 16.9. The molecule has 1 heterocycles. The van der Waals surface area contributed by atoms with E-state index in [-0.39, 0.29) is 6.04 Å². The van der Waals surface area contributed by atoms with Crippen molar-refractivity contribution >= 4 is 33.4 Å². The summed E-state index contributed by atoms with van der Waals surface area (Å²) >= 11 is 1.59. The first-order chi connectivity index (χ1) is 14.1. The second-order valence-corrected chi connectivity index (χ2v) is 9.57. The summed E-state index contributed by atoms with van der Waals surface area (Å²) in [6.45, 7) is 0.357. The summed E-state index contributed by atoms with van der Waals surface area (Å²) < 4.78 is 1.11. The van der Waals surface area contributed by atoms with Crippen molar-refractivity contribution < 1.29 is 14.7 Å². The van der Waals surface area contributed by atoms with Crippen molar-refractivity contribution in [3.63, 3.8) is 0 Å². The fourth-order valence-electron chi connectivity index (χ4n) is 5.48. The summed E-state index contributed by atoms with van der Waals surface area (Å²) in [5, 5.41) is 9.61. The molecule has 2 aliphatic carbocycles. The fourth-order valence-corrected chi connectivity index (χ4v) is 6.14. The van der Waals surface area contributed by atoms with Crippen LogP contribution in [-0.2, 0) is 16.1 Å². The molecule has 0 unspecified atom stereocenters. The highest BCUT2D eigenvalue weighted by Crippen LogP contribution is 2.39. The SMILES string of the molecule is O=C(O)C(=O)N(Cc1ccc2scnc2c1)C(C1CCCCC1)C1CCCCC1. The summed E-state index contributed by atoms with van der Waals surface area (Å²) in [6.07, 6.45) is 11.7. The third kappa shape index (κ3) is 4.63. The molecule has 156 valence electrons. The Morgan fingerprint density at radius 1 is 1.03 bits per heavy atom. The number of fused-ring (bicyclic) bond motifs is 1. The Hall–Kier alpha value is -1.95. The Morgan fingerprint density at radius 2 is 1.66 bits per heavy atom. The van der Waals surface area contributed by atoms with E-state index in [2.05, 4.69) is 4.98 Å². The molecular weight excluding hydrogens is 384 g/mol. The molecule has 2 fully saturated rings. The van der Waals surface area contributed by atoms with E-state index in [4.69, 9.17) is 0 Å². The Morgan fingerprint density at radius 3 is 2.24 bits per heavy atom. The normalized spacial score (nSPS) is 18.9. The van der Waals surface area contributed by atoms with Crippen molar-refractivity contribution in [3.05, 3.63) is 29.3 Å². The highest BCUT2D eigenvalue weighted by atomic mass is 32.1. The van der Waals surface area contributed by atoms with E-state index in [0.717, 1.165) is 41.5 Å². The lowest BCUT2D eigenvalue weighted by Crippen LogP contribution is -2.51. The summed E-state index contributed by atoms with van der Waals surface area (Å²) in [4.78, 5) is 30.8. The van der Waals surface area contributed by atoms with Crippen molar-refractivity contribution in [2.45, 2.75) is 76.8 Å². The highest BCUT2D eigenvalue weighted by Gasteiger charge is 2.39. The number of carbonyl (C=O) groups is 2. The summed E-state index contributed by atoms with van der Waals surface area (Å²) in [7, 11) is 0. The molecule has 1 N–H and O–H groups in total. The molecule has 6 heteroatoms. The molecule has 2 saturated carbocycles. The zero-order chi connectivity index (χ0) is 20.2. The van der Waals surface area contributed by atoms with Gasteiger partial charge in [0.1, 0.15) is 0 Å². The van der Waals surface area contributed by atoms with Gasteiger partial charge < -0.3 is 10.0 Å². The van der Waals surface area contributed by atoms with Crippen LogP contribution in [-0.4, -0.2) is 32.9 Å². The Bertz CT molecular complexity index is 835. The molecule has 1 aromatic heterocycles. The van der Waals surface area contributed by atoms with E-state index in [1.54, 1.807) is 16.2 Å². The van der Waals surface area contributed by atoms with E-state index < -0.39 is 11.9 Å². The number of hydrogen-bond acceptors (Lipinski definition) is 4.